The Bertz CT molecular complexity index is 1420. The molecule has 3 aromatic carbocycles. The molecule has 1 heterocycles. The Morgan fingerprint density at radius 2 is 1.63 bits per heavy atom. The molecular formula is C30H32ClNO2S. The van der Waals surface area contributed by atoms with Crippen molar-refractivity contribution in [3.63, 3.8) is 0 Å². The van der Waals surface area contributed by atoms with Gasteiger partial charge in [-0.2, -0.15) is 0 Å². The number of hydrogen-bond acceptors (Lipinski definition) is 2. The van der Waals surface area contributed by atoms with Crippen LogP contribution < -0.4 is 0 Å². The predicted molar refractivity (Wildman–Crippen MR) is 147 cm³/mol. The van der Waals surface area contributed by atoms with E-state index in [0.29, 0.717) is 18.0 Å². The number of fused-ring (bicyclic) bond motifs is 1. The second-order valence-electron chi connectivity index (χ2n) is 10.2. The second-order valence-corrected chi connectivity index (χ2v) is 11.7. The zero-order valence-electron chi connectivity index (χ0n) is 21.2. The summed E-state index contributed by atoms with van der Waals surface area (Å²) >= 11 is 7.91. The number of hydrogen-bond donors (Lipinski definition) is 1. The molecule has 0 bridgehead atoms. The number of aromatic nitrogens is 1. The summed E-state index contributed by atoms with van der Waals surface area (Å²) in [4.78, 5) is 14.5. The first-order valence-electron chi connectivity index (χ1n) is 11.8. The van der Waals surface area contributed by atoms with Crippen molar-refractivity contribution in [3.05, 3.63) is 93.1 Å². The van der Waals surface area contributed by atoms with Gasteiger partial charge in [0.25, 0.3) is 0 Å². The number of aryl methyl sites for hydroxylation is 4. The minimum atomic E-state index is -0.911. The molecule has 5 heteroatoms. The second kappa shape index (κ2) is 9.75. The van der Waals surface area contributed by atoms with Crippen LogP contribution in [0.4, 0.5) is 0 Å². The summed E-state index contributed by atoms with van der Waals surface area (Å²) in [6.45, 7) is 12.8. The predicted octanol–water partition coefficient (Wildman–Crippen LogP) is 8.38. The summed E-state index contributed by atoms with van der Waals surface area (Å²) in [5, 5.41) is 11.9. The molecular weight excluding hydrogens is 474 g/mol. The maximum atomic E-state index is 12.2. The molecule has 0 aliphatic rings. The molecule has 182 valence electrons. The summed E-state index contributed by atoms with van der Waals surface area (Å²) in [6, 6.07) is 18.9. The monoisotopic (exact) mass is 505 g/mol. The minimum absolute atomic E-state index is 0.427. The van der Waals surface area contributed by atoms with Crippen molar-refractivity contribution in [1.29, 1.82) is 0 Å². The smallest absolute Gasteiger partial charge is 0.309 e. The summed E-state index contributed by atoms with van der Waals surface area (Å²) < 4.78 is 2.32. The van der Waals surface area contributed by atoms with Crippen molar-refractivity contribution in [2.45, 2.75) is 64.3 Å². The van der Waals surface area contributed by atoms with Gasteiger partial charge in [-0.3, -0.25) is 4.79 Å². The highest BCUT2D eigenvalue weighted by atomic mass is 35.5. The maximum absolute atomic E-state index is 12.2. The topological polar surface area (TPSA) is 42.2 Å². The zero-order valence-corrected chi connectivity index (χ0v) is 22.8. The Kier molecular flexibility index (Phi) is 7.08. The van der Waals surface area contributed by atoms with E-state index in [1.807, 2.05) is 38.1 Å². The van der Waals surface area contributed by atoms with Gasteiger partial charge in [0.15, 0.2) is 0 Å². The van der Waals surface area contributed by atoms with Gasteiger partial charge in [0, 0.05) is 38.9 Å². The van der Waals surface area contributed by atoms with E-state index >= 15 is 0 Å². The van der Waals surface area contributed by atoms with Crippen LogP contribution in [0, 0.1) is 33.1 Å². The molecule has 1 aromatic heterocycles. The highest BCUT2D eigenvalue weighted by Gasteiger charge is 2.32. The van der Waals surface area contributed by atoms with Gasteiger partial charge in [-0.25, -0.2) is 0 Å². The molecule has 0 unspecified atom stereocenters. The first kappa shape index (κ1) is 25.4. The van der Waals surface area contributed by atoms with Crippen LogP contribution in [0.1, 0.15) is 47.4 Å². The van der Waals surface area contributed by atoms with E-state index in [9.17, 15) is 9.90 Å². The lowest BCUT2D eigenvalue weighted by Crippen LogP contribution is -2.27. The van der Waals surface area contributed by atoms with E-state index in [1.54, 1.807) is 11.8 Å². The zero-order chi connectivity index (χ0) is 25.5. The number of carboxylic acids is 1. The summed E-state index contributed by atoms with van der Waals surface area (Å²) in [5.74, 6) is -0.795. The lowest BCUT2D eigenvalue weighted by molar-refractivity contribution is -0.146. The van der Waals surface area contributed by atoms with Crippen LogP contribution in [-0.2, 0) is 17.8 Å². The molecule has 0 aliphatic heterocycles. The van der Waals surface area contributed by atoms with Crippen molar-refractivity contribution in [1.82, 2.24) is 4.57 Å². The fourth-order valence-corrected chi connectivity index (χ4v) is 5.95. The summed E-state index contributed by atoms with van der Waals surface area (Å²) in [7, 11) is 0. The molecule has 0 saturated carbocycles. The lowest BCUT2D eigenvalue weighted by Gasteiger charge is -2.22. The SMILES string of the molecule is Cc1ccc(C)c(Sc2c(CC(C)(C)C(=O)O)n(Cc3ccc(Cl)cc3)c3c(C)cc(C)cc23)c1. The molecule has 0 aliphatic carbocycles. The number of nitrogens with zero attached hydrogens (tertiary/aromatic N) is 1. The fraction of sp³-hybridized carbons (Fsp3) is 0.300. The Hall–Kier alpha value is -2.69. The van der Waals surface area contributed by atoms with Gasteiger partial charge >= 0.3 is 5.97 Å². The molecule has 0 saturated heterocycles. The van der Waals surface area contributed by atoms with E-state index in [0.717, 1.165) is 21.7 Å². The molecule has 0 fully saturated rings. The molecule has 0 amide bonds. The standard InChI is InChI=1S/C30H32ClNO2S/c1-18-7-8-20(3)26(15-18)35-28-24-14-19(2)13-21(4)27(24)32(17-22-9-11-23(31)12-10-22)25(28)16-30(5,6)29(33)34/h7-15H,16-17H2,1-6H3,(H,33,34). The number of halogens is 1. The molecule has 0 radical (unpaired) electrons. The van der Waals surface area contributed by atoms with Gasteiger partial charge in [0.1, 0.15) is 0 Å². The largest absolute Gasteiger partial charge is 0.481 e. The van der Waals surface area contributed by atoms with E-state index in [1.165, 1.54) is 32.5 Å². The van der Waals surface area contributed by atoms with Crippen LogP contribution in [0.25, 0.3) is 10.9 Å². The van der Waals surface area contributed by atoms with Gasteiger partial charge in [-0.05, 0) is 88.1 Å². The van der Waals surface area contributed by atoms with Crippen LogP contribution in [0.5, 0.6) is 0 Å². The highest BCUT2D eigenvalue weighted by molar-refractivity contribution is 7.99. The quantitative estimate of drug-likeness (QED) is 0.274. The summed E-state index contributed by atoms with van der Waals surface area (Å²) in [6.07, 6.45) is 0.427. The molecule has 1 N–H and O–H groups in total. The van der Waals surface area contributed by atoms with Gasteiger partial charge in [-0.1, -0.05) is 59.3 Å². The molecule has 3 nitrogen and oxygen atoms in total. The Labute approximate surface area is 217 Å². The first-order chi connectivity index (χ1) is 16.5. The first-order valence-corrected chi connectivity index (χ1v) is 13.0. The number of carboxylic acid groups (broad SMARTS) is 1. The van der Waals surface area contributed by atoms with Gasteiger partial charge in [-0.15, -0.1) is 0 Å². The summed E-state index contributed by atoms with van der Waals surface area (Å²) in [5.41, 5.74) is 7.25. The average Bonchev–Trinajstić information content (AvgIpc) is 3.04. The third-order valence-corrected chi connectivity index (χ3v) is 8.12. The lowest BCUT2D eigenvalue weighted by atomic mass is 9.88. The average molecular weight is 506 g/mol. The number of benzene rings is 3. The van der Waals surface area contributed by atoms with Crippen molar-refractivity contribution in [3.8, 4) is 0 Å². The van der Waals surface area contributed by atoms with Gasteiger partial charge in [0.05, 0.1) is 10.9 Å². The van der Waals surface area contributed by atoms with Gasteiger partial charge in [0.2, 0.25) is 0 Å². The maximum Gasteiger partial charge on any atom is 0.309 e. The molecule has 0 spiro atoms. The van der Waals surface area contributed by atoms with Crippen LogP contribution in [-0.4, -0.2) is 15.6 Å². The Morgan fingerprint density at radius 3 is 2.29 bits per heavy atom. The van der Waals surface area contributed by atoms with Crippen LogP contribution in [0.15, 0.2) is 64.4 Å². The third kappa shape index (κ3) is 5.29. The number of aliphatic carboxylic acids is 1. The minimum Gasteiger partial charge on any atom is -0.481 e. The van der Waals surface area contributed by atoms with E-state index in [4.69, 9.17) is 11.6 Å². The van der Waals surface area contributed by atoms with Crippen LogP contribution in [0.2, 0.25) is 5.02 Å². The molecule has 0 atom stereocenters. The highest BCUT2D eigenvalue weighted by Crippen LogP contribution is 2.43. The van der Waals surface area contributed by atoms with Crippen molar-refractivity contribution >= 4 is 40.2 Å². The molecule has 4 aromatic rings. The molecule has 35 heavy (non-hydrogen) atoms. The van der Waals surface area contributed by atoms with Crippen LogP contribution in [0.3, 0.4) is 0 Å². The van der Waals surface area contributed by atoms with Crippen molar-refractivity contribution in [2.75, 3.05) is 0 Å². The van der Waals surface area contributed by atoms with Crippen LogP contribution >= 0.6 is 23.4 Å². The number of carbonyl (C=O) groups is 1. The van der Waals surface area contributed by atoms with Gasteiger partial charge < -0.3 is 9.67 Å². The van der Waals surface area contributed by atoms with Crippen molar-refractivity contribution in [2.24, 2.45) is 5.41 Å². The van der Waals surface area contributed by atoms with E-state index < -0.39 is 11.4 Å². The normalized spacial score (nSPS) is 11.9. The molecule has 4 rings (SSSR count). The van der Waals surface area contributed by atoms with E-state index in [-0.39, 0.29) is 0 Å². The fourth-order valence-electron chi connectivity index (χ4n) is 4.56. The third-order valence-electron chi connectivity index (χ3n) is 6.55. The van der Waals surface area contributed by atoms with E-state index in [2.05, 4.69) is 62.6 Å². The Morgan fingerprint density at radius 1 is 0.943 bits per heavy atom. The number of rotatable bonds is 7. The van der Waals surface area contributed by atoms with Crippen molar-refractivity contribution < 1.29 is 9.90 Å². The Balaban J connectivity index is 2.01.